The standard InChI is InChI=1S/C11H15N.C2H4/c1-12-9-5-4-7-10-6-2-3-8-11(10)12;1-2/h2-3,6,8H,4-5,7,9H2,1H3;1-2H2. The number of hydrogen-bond donors (Lipinski definition) is 0. The third-order valence-electron chi connectivity index (χ3n) is 2.59. The Hall–Kier alpha value is -1.24. The molecule has 0 atom stereocenters. The van der Waals surface area contributed by atoms with Gasteiger partial charge in [0.25, 0.3) is 0 Å². The van der Waals surface area contributed by atoms with Crippen LogP contribution in [0, 0.1) is 0 Å². The van der Waals surface area contributed by atoms with E-state index in [0.29, 0.717) is 0 Å². The van der Waals surface area contributed by atoms with E-state index in [9.17, 15) is 0 Å². The predicted molar refractivity (Wildman–Crippen MR) is 63.9 cm³/mol. The summed E-state index contributed by atoms with van der Waals surface area (Å²) in [5.41, 5.74) is 2.94. The summed E-state index contributed by atoms with van der Waals surface area (Å²) in [5.74, 6) is 0. The molecule has 1 heterocycles. The zero-order chi connectivity index (χ0) is 10.4. The number of hydrogen-bond acceptors (Lipinski definition) is 1. The molecular weight excluding hydrogens is 170 g/mol. The molecule has 0 N–H and O–H groups in total. The van der Waals surface area contributed by atoms with E-state index in [0.717, 1.165) is 0 Å². The van der Waals surface area contributed by atoms with Gasteiger partial charge in [-0.05, 0) is 30.9 Å². The second kappa shape index (κ2) is 5.48. The maximum atomic E-state index is 3.00. The highest BCUT2D eigenvalue weighted by Crippen LogP contribution is 2.24. The quantitative estimate of drug-likeness (QED) is 0.566. The van der Waals surface area contributed by atoms with Crippen molar-refractivity contribution in [2.45, 2.75) is 19.3 Å². The molecule has 1 aliphatic heterocycles. The molecule has 1 aromatic carbocycles. The van der Waals surface area contributed by atoms with Gasteiger partial charge in [-0.3, -0.25) is 0 Å². The van der Waals surface area contributed by atoms with Crippen molar-refractivity contribution in [2.24, 2.45) is 0 Å². The molecule has 0 saturated heterocycles. The summed E-state index contributed by atoms with van der Waals surface area (Å²) in [4.78, 5) is 2.36. The van der Waals surface area contributed by atoms with Crippen molar-refractivity contribution in [2.75, 3.05) is 18.5 Å². The Morgan fingerprint density at radius 2 is 1.86 bits per heavy atom. The highest BCUT2D eigenvalue weighted by atomic mass is 15.1. The first-order chi connectivity index (χ1) is 6.88. The zero-order valence-corrected chi connectivity index (χ0v) is 9.00. The van der Waals surface area contributed by atoms with Crippen LogP contribution in [0.1, 0.15) is 18.4 Å². The number of fused-ring (bicyclic) bond motifs is 1. The fourth-order valence-corrected chi connectivity index (χ4v) is 1.88. The van der Waals surface area contributed by atoms with Crippen LogP contribution in [0.15, 0.2) is 37.4 Å². The van der Waals surface area contributed by atoms with Gasteiger partial charge in [0.15, 0.2) is 0 Å². The number of nitrogens with zero attached hydrogens (tertiary/aromatic N) is 1. The first-order valence-electron chi connectivity index (χ1n) is 5.17. The fraction of sp³-hybridized carbons (Fsp3) is 0.385. The van der Waals surface area contributed by atoms with E-state index >= 15 is 0 Å². The zero-order valence-electron chi connectivity index (χ0n) is 9.00. The van der Waals surface area contributed by atoms with Crippen LogP contribution < -0.4 is 4.90 Å². The summed E-state index contributed by atoms with van der Waals surface area (Å²) in [6.45, 7) is 7.21. The molecule has 0 amide bonds. The molecule has 1 heteroatoms. The topological polar surface area (TPSA) is 3.24 Å². The van der Waals surface area contributed by atoms with Crippen molar-refractivity contribution >= 4 is 5.69 Å². The van der Waals surface area contributed by atoms with Crippen LogP contribution in [-0.2, 0) is 6.42 Å². The van der Waals surface area contributed by atoms with Crippen LogP contribution in [0.4, 0.5) is 5.69 Å². The van der Waals surface area contributed by atoms with Crippen molar-refractivity contribution in [3.63, 3.8) is 0 Å². The Balaban J connectivity index is 0.000000461. The van der Waals surface area contributed by atoms with Crippen molar-refractivity contribution in [3.8, 4) is 0 Å². The maximum Gasteiger partial charge on any atom is 0.0396 e. The predicted octanol–water partition coefficient (Wildman–Crippen LogP) is 3.26. The SMILES string of the molecule is C=C.CN1CCCCc2ccccc21. The van der Waals surface area contributed by atoms with E-state index < -0.39 is 0 Å². The molecule has 76 valence electrons. The Bertz CT molecular complexity index is 280. The van der Waals surface area contributed by atoms with E-state index in [1.165, 1.54) is 37.1 Å². The Labute approximate surface area is 87.1 Å². The molecule has 1 aromatic rings. The van der Waals surface area contributed by atoms with E-state index in [4.69, 9.17) is 0 Å². The minimum Gasteiger partial charge on any atom is -0.374 e. The van der Waals surface area contributed by atoms with Crippen molar-refractivity contribution < 1.29 is 0 Å². The second-order valence-corrected chi connectivity index (χ2v) is 3.51. The lowest BCUT2D eigenvalue weighted by Gasteiger charge is -2.18. The summed E-state index contributed by atoms with van der Waals surface area (Å²) in [6, 6.07) is 8.73. The minimum absolute atomic E-state index is 1.21. The third kappa shape index (κ3) is 2.38. The molecule has 0 aromatic heterocycles. The smallest absolute Gasteiger partial charge is 0.0396 e. The van der Waals surface area contributed by atoms with Gasteiger partial charge >= 0.3 is 0 Å². The molecule has 0 fully saturated rings. The van der Waals surface area contributed by atoms with Crippen molar-refractivity contribution in [1.29, 1.82) is 0 Å². The first kappa shape index (κ1) is 10.8. The van der Waals surface area contributed by atoms with Crippen LogP contribution >= 0.6 is 0 Å². The van der Waals surface area contributed by atoms with Gasteiger partial charge in [-0.1, -0.05) is 18.2 Å². The van der Waals surface area contributed by atoms with Crippen LogP contribution in [0.25, 0.3) is 0 Å². The molecule has 0 saturated carbocycles. The number of aryl methyl sites for hydroxylation is 1. The Morgan fingerprint density at radius 3 is 2.64 bits per heavy atom. The molecule has 1 nitrogen and oxygen atoms in total. The second-order valence-electron chi connectivity index (χ2n) is 3.51. The summed E-state index contributed by atoms with van der Waals surface area (Å²) in [6.07, 6.45) is 3.91. The van der Waals surface area contributed by atoms with E-state index in [1.807, 2.05) is 0 Å². The van der Waals surface area contributed by atoms with E-state index in [2.05, 4.69) is 49.4 Å². The number of rotatable bonds is 0. The average Bonchev–Trinajstić information content (AvgIpc) is 2.45. The van der Waals surface area contributed by atoms with Gasteiger partial charge in [-0.2, -0.15) is 0 Å². The first-order valence-corrected chi connectivity index (χ1v) is 5.17. The molecule has 2 rings (SSSR count). The molecule has 0 bridgehead atoms. The van der Waals surface area contributed by atoms with E-state index in [-0.39, 0.29) is 0 Å². The van der Waals surface area contributed by atoms with Gasteiger partial charge in [0.1, 0.15) is 0 Å². The Morgan fingerprint density at radius 1 is 1.14 bits per heavy atom. The van der Waals surface area contributed by atoms with Crippen LogP contribution in [0.5, 0.6) is 0 Å². The highest BCUT2D eigenvalue weighted by molar-refractivity contribution is 5.53. The van der Waals surface area contributed by atoms with Gasteiger partial charge in [0, 0.05) is 19.3 Å². The van der Waals surface area contributed by atoms with Crippen LogP contribution in [0.2, 0.25) is 0 Å². The average molecular weight is 189 g/mol. The van der Waals surface area contributed by atoms with Crippen LogP contribution in [0.3, 0.4) is 0 Å². The minimum atomic E-state index is 1.21. The molecule has 0 radical (unpaired) electrons. The van der Waals surface area contributed by atoms with Crippen molar-refractivity contribution in [3.05, 3.63) is 43.0 Å². The molecule has 0 aliphatic carbocycles. The number of anilines is 1. The van der Waals surface area contributed by atoms with Gasteiger partial charge in [0.05, 0.1) is 0 Å². The van der Waals surface area contributed by atoms with Gasteiger partial charge in [-0.15, -0.1) is 13.2 Å². The molecular formula is C13H19N. The summed E-state index contributed by atoms with van der Waals surface area (Å²) >= 11 is 0. The maximum absolute atomic E-state index is 3.00. The summed E-state index contributed by atoms with van der Waals surface area (Å²) in [5, 5.41) is 0. The fourth-order valence-electron chi connectivity index (χ4n) is 1.88. The largest absolute Gasteiger partial charge is 0.374 e. The molecule has 0 spiro atoms. The van der Waals surface area contributed by atoms with Crippen molar-refractivity contribution in [1.82, 2.24) is 0 Å². The van der Waals surface area contributed by atoms with Gasteiger partial charge in [0.2, 0.25) is 0 Å². The van der Waals surface area contributed by atoms with E-state index in [1.54, 1.807) is 0 Å². The lowest BCUT2D eigenvalue weighted by molar-refractivity contribution is 0.750. The molecule has 14 heavy (non-hydrogen) atoms. The lowest BCUT2D eigenvalue weighted by Crippen LogP contribution is -2.17. The molecule has 0 unspecified atom stereocenters. The highest BCUT2D eigenvalue weighted by Gasteiger charge is 2.09. The Kier molecular flexibility index (Phi) is 4.24. The third-order valence-corrected chi connectivity index (χ3v) is 2.59. The summed E-state index contributed by atoms with van der Waals surface area (Å²) in [7, 11) is 2.18. The van der Waals surface area contributed by atoms with Gasteiger partial charge in [-0.25, -0.2) is 0 Å². The van der Waals surface area contributed by atoms with Crippen LogP contribution in [-0.4, -0.2) is 13.6 Å². The monoisotopic (exact) mass is 189 g/mol. The number of para-hydroxylation sites is 1. The lowest BCUT2D eigenvalue weighted by atomic mass is 10.1. The molecule has 1 aliphatic rings. The number of benzene rings is 1. The van der Waals surface area contributed by atoms with Gasteiger partial charge < -0.3 is 4.90 Å². The summed E-state index contributed by atoms with van der Waals surface area (Å²) < 4.78 is 0. The normalized spacial score (nSPS) is 14.8.